The summed E-state index contributed by atoms with van der Waals surface area (Å²) >= 11 is 0. The van der Waals surface area contributed by atoms with Crippen LogP contribution in [-0.4, -0.2) is 54.7 Å². The van der Waals surface area contributed by atoms with E-state index >= 15 is 0 Å². The van der Waals surface area contributed by atoms with Gasteiger partial charge in [0.1, 0.15) is 0 Å². The van der Waals surface area contributed by atoms with Gasteiger partial charge in [0.15, 0.2) is 0 Å². The van der Waals surface area contributed by atoms with E-state index in [1.54, 1.807) is 0 Å². The zero-order chi connectivity index (χ0) is 17.8. The molecule has 1 aliphatic rings. The second-order valence-corrected chi connectivity index (χ2v) is 7.21. The van der Waals surface area contributed by atoms with E-state index in [2.05, 4.69) is 41.2 Å². The number of aromatic amines is 1. The third-order valence-corrected chi connectivity index (χ3v) is 5.16. The van der Waals surface area contributed by atoms with Crippen LogP contribution in [0.3, 0.4) is 0 Å². The van der Waals surface area contributed by atoms with E-state index in [0.29, 0.717) is 24.9 Å². The molecule has 1 atom stereocenters. The van der Waals surface area contributed by atoms with Gasteiger partial charge in [0, 0.05) is 42.3 Å². The van der Waals surface area contributed by atoms with Gasteiger partial charge in [-0.3, -0.25) is 9.69 Å². The number of nitrogens with zero attached hydrogens (tertiary/aromatic N) is 1. The van der Waals surface area contributed by atoms with E-state index < -0.39 is 0 Å². The summed E-state index contributed by atoms with van der Waals surface area (Å²) in [5, 5.41) is 4.30. The lowest BCUT2D eigenvalue weighted by atomic mass is 10.0. The van der Waals surface area contributed by atoms with Gasteiger partial charge in [0.05, 0.1) is 19.6 Å². The zero-order valence-electron chi connectivity index (χ0n) is 15.5. The molecule has 1 aliphatic heterocycles. The first-order valence-corrected chi connectivity index (χ1v) is 9.21. The number of aryl methyl sites for hydroxylation is 1. The van der Waals surface area contributed by atoms with E-state index in [9.17, 15) is 4.79 Å². The van der Waals surface area contributed by atoms with Gasteiger partial charge in [0.2, 0.25) is 5.91 Å². The number of benzene rings is 1. The Balaban J connectivity index is 1.62. The topological polar surface area (TPSA) is 57.4 Å². The number of carbonyl (C=O) groups excluding carboxylic acids is 1. The maximum atomic E-state index is 12.5. The zero-order valence-corrected chi connectivity index (χ0v) is 15.5. The van der Waals surface area contributed by atoms with E-state index in [0.717, 1.165) is 48.5 Å². The molecule has 136 valence electrons. The summed E-state index contributed by atoms with van der Waals surface area (Å²) in [7, 11) is 0. The molecule has 5 heteroatoms. The minimum Gasteiger partial charge on any atom is -0.379 e. The summed E-state index contributed by atoms with van der Waals surface area (Å²) in [6.07, 6.45) is 0.420. The molecule has 1 unspecified atom stereocenters. The molecule has 1 amide bonds. The number of nitrogens with one attached hydrogen (secondary N) is 2. The Bertz CT molecular complexity index is 717. The fourth-order valence-corrected chi connectivity index (χ4v) is 3.70. The lowest BCUT2D eigenvalue weighted by molar-refractivity contribution is -0.120. The van der Waals surface area contributed by atoms with Crippen molar-refractivity contribution < 1.29 is 9.53 Å². The molecule has 2 N–H and O–H groups in total. The molecule has 3 rings (SSSR count). The van der Waals surface area contributed by atoms with Crippen molar-refractivity contribution in [2.45, 2.75) is 33.2 Å². The van der Waals surface area contributed by atoms with Crippen LogP contribution in [0.25, 0.3) is 10.9 Å². The van der Waals surface area contributed by atoms with Gasteiger partial charge in [-0.1, -0.05) is 32.0 Å². The van der Waals surface area contributed by atoms with Crippen molar-refractivity contribution in [3.8, 4) is 0 Å². The van der Waals surface area contributed by atoms with Crippen molar-refractivity contribution in [1.82, 2.24) is 15.2 Å². The highest BCUT2D eigenvalue weighted by molar-refractivity contribution is 5.90. The lowest BCUT2D eigenvalue weighted by Crippen LogP contribution is -2.51. The Kier molecular flexibility index (Phi) is 5.76. The number of hydrogen-bond acceptors (Lipinski definition) is 3. The number of fused-ring (bicyclic) bond motifs is 1. The quantitative estimate of drug-likeness (QED) is 0.847. The van der Waals surface area contributed by atoms with E-state index in [1.165, 1.54) is 0 Å². The number of amides is 1. The van der Waals surface area contributed by atoms with E-state index in [1.807, 2.05) is 19.1 Å². The number of ether oxygens (including phenoxy) is 1. The highest BCUT2D eigenvalue weighted by Gasteiger charge is 2.24. The van der Waals surface area contributed by atoms with Crippen LogP contribution in [0.2, 0.25) is 0 Å². The van der Waals surface area contributed by atoms with E-state index in [4.69, 9.17) is 4.74 Å². The first-order chi connectivity index (χ1) is 12.1. The van der Waals surface area contributed by atoms with Crippen LogP contribution in [0.15, 0.2) is 24.3 Å². The van der Waals surface area contributed by atoms with Gasteiger partial charge in [-0.25, -0.2) is 0 Å². The minimum absolute atomic E-state index is 0.0896. The summed E-state index contributed by atoms with van der Waals surface area (Å²) in [5.74, 6) is 0.583. The summed E-state index contributed by atoms with van der Waals surface area (Å²) in [6.45, 7) is 10.6. The van der Waals surface area contributed by atoms with Crippen LogP contribution in [0.1, 0.15) is 25.1 Å². The van der Waals surface area contributed by atoms with Crippen molar-refractivity contribution in [3.63, 3.8) is 0 Å². The number of rotatable bonds is 6. The molecule has 1 aromatic heterocycles. The smallest absolute Gasteiger partial charge is 0.224 e. The molecule has 1 fully saturated rings. The van der Waals surface area contributed by atoms with Crippen LogP contribution in [0.4, 0.5) is 0 Å². The molecule has 1 aromatic carbocycles. The average Bonchev–Trinajstić information content (AvgIpc) is 2.91. The number of hydrogen-bond donors (Lipinski definition) is 2. The summed E-state index contributed by atoms with van der Waals surface area (Å²) in [4.78, 5) is 18.3. The normalized spacial score (nSPS) is 17.1. The minimum atomic E-state index is 0.0896. The lowest BCUT2D eigenvalue weighted by Gasteiger charge is -2.36. The fraction of sp³-hybridized carbons (Fsp3) is 0.550. The molecule has 0 bridgehead atoms. The Morgan fingerprint density at radius 2 is 2.00 bits per heavy atom. The first kappa shape index (κ1) is 18.0. The molecule has 0 saturated carbocycles. The molecule has 2 heterocycles. The van der Waals surface area contributed by atoms with Crippen molar-refractivity contribution >= 4 is 16.8 Å². The van der Waals surface area contributed by atoms with Gasteiger partial charge in [-0.15, -0.1) is 0 Å². The first-order valence-electron chi connectivity index (χ1n) is 9.21. The Labute approximate surface area is 149 Å². The number of para-hydroxylation sites is 1. The van der Waals surface area contributed by atoms with Crippen molar-refractivity contribution in [2.24, 2.45) is 5.92 Å². The average molecular weight is 343 g/mol. The van der Waals surface area contributed by atoms with Gasteiger partial charge >= 0.3 is 0 Å². The van der Waals surface area contributed by atoms with Crippen LogP contribution >= 0.6 is 0 Å². The fourth-order valence-electron chi connectivity index (χ4n) is 3.70. The molecule has 25 heavy (non-hydrogen) atoms. The SMILES string of the molecule is Cc1[nH]c2ccccc2c1CC(=O)NCC(C(C)C)N1CCOCC1. The Hall–Kier alpha value is -1.85. The maximum Gasteiger partial charge on any atom is 0.224 e. The van der Waals surface area contributed by atoms with Crippen LogP contribution in [0.5, 0.6) is 0 Å². The van der Waals surface area contributed by atoms with Gasteiger partial charge in [-0.05, 0) is 24.5 Å². The molecular weight excluding hydrogens is 314 g/mol. The predicted molar refractivity (Wildman–Crippen MR) is 101 cm³/mol. The van der Waals surface area contributed by atoms with Gasteiger partial charge < -0.3 is 15.0 Å². The highest BCUT2D eigenvalue weighted by Crippen LogP contribution is 2.22. The maximum absolute atomic E-state index is 12.5. The van der Waals surface area contributed by atoms with Gasteiger partial charge in [0.25, 0.3) is 0 Å². The van der Waals surface area contributed by atoms with Crippen LogP contribution in [-0.2, 0) is 16.0 Å². The largest absolute Gasteiger partial charge is 0.379 e. The number of aromatic nitrogens is 1. The number of H-pyrrole nitrogens is 1. The van der Waals surface area contributed by atoms with Crippen LogP contribution in [0, 0.1) is 12.8 Å². The molecule has 5 nitrogen and oxygen atoms in total. The molecular formula is C20H29N3O2. The van der Waals surface area contributed by atoms with Crippen molar-refractivity contribution in [2.75, 3.05) is 32.8 Å². The summed E-state index contributed by atoms with van der Waals surface area (Å²) < 4.78 is 5.45. The molecule has 1 saturated heterocycles. The second-order valence-electron chi connectivity index (χ2n) is 7.21. The van der Waals surface area contributed by atoms with Crippen molar-refractivity contribution in [3.05, 3.63) is 35.5 Å². The van der Waals surface area contributed by atoms with E-state index in [-0.39, 0.29) is 5.91 Å². The third kappa shape index (κ3) is 4.22. The molecule has 0 spiro atoms. The summed E-state index contributed by atoms with van der Waals surface area (Å²) in [6, 6.07) is 8.52. The van der Waals surface area contributed by atoms with Crippen molar-refractivity contribution in [1.29, 1.82) is 0 Å². The molecule has 2 aromatic rings. The monoisotopic (exact) mass is 343 g/mol. The third-order valence-electron chi connectivity index (χ3n) is 5.16. The number of carbonyl (C=O) groups is 1. The summed E-state index contributed by atoms with van der Waals surface area (Å²) in [5.41, 5.74) is 3.27. The Morgan fingerprint density at radius 1 is 1.28 bits per heavy atom. The van der Waals surface area contributed by atoms with Crippen LogP contribution < -0.4 is 5.32 Å². The molecule has 0 aliphatic carbocycles. The highest BCUT2D eigenvalue weighted by atomic mass is 16.5. The Morgan fingerprint density at radius 3 is 2.72 bits per heavy atom. The second kappa shape index (κ2) is 8.02. The standard InChI is InChI=1S/C20H29N3O2/c1-14(2)19(23-8-10-25-11-9-23)13-21-20(24)12-17-15(3)22-18-7-5-4-6-16(17)18/h4-7,14,19,22H,8-13H2,1-3H3,(H,21,24). The van der Waals surface area contributed by atoms with Gasteiger partial charge in [-0.2, -0.15) is 0 Å². The number of morpholine rings is 1. The molecule has 0 radical (unpaired) electrons. The predicted octanol–water partition coefficient (Wildman–Crippen LogP) is 2.49.